The predicted molar refractivity (Wildman–Crippen MR) is 90.6 cm³/mol. The van der Waals surface area contributed by atoms with Gasteiger partial charge in [0.15, 0.2) is 5.78 Å². The van der Waals surface area contributed by atoms with Gasteiger partial charge in [-0.1, -0.05) is 24.1 Å². The van der Waals surface area contributed by atoms with Crippen LogP contribution >= 0.6 is 11.6 Å². The third-order valence-corrected chi connectivity index (χ3v) is 4.39. The van der Waals surface area contributed by atoms with Gasteiger partial charge in [0.2, 0.25) is 0 Å². The molecule has 0 spiro atoms. The first-order valence-electron chi connectivity index (χ1n) is 8.03. The summed E-state index contributed by atoms with van der Waals surface area (Å²) in [5, 5.41) is 19.7. The molecule has 130 valence electrons. The molecule has 1 aromatic rings. The van der Waals surface area contributed by atoms with E-state index in [1.54, 1.807) is 13.0 Å². The summed E-state index contributed by atoms with van der Waals surface area (Å²) in [6.07, 6.45) is 7.11. The summed E-state index contributed by atoms with van der Waals surface area (Å²) in [6.45, 7) is 1.79. The number of ketones is 1. The van der Waals surface area contributed by atoms with Gasteiger partial charge in [-0.05, 0) is 38.7 Å². The molecule has 0 bridgehead atoms. The van der Waals surface area contributed by atoms with Crippen LogP contribution in [0.15, 0.2) is 18.2 Å². The number of carbonyl (C=O) groups is 2. The van der Waals surface area contributed by atoms with E-state index in [9.17, 15) is 19.8 Å². The monoisotopic (exact) mass is 352 g/mol. The second-order valence-electron chi connectivity index (χ2n) is 5.98. The average Bonchev–Trinajstić information content (AvgIpc) is 2.50. The highest BCUT2D eigenvalue weighted by Crippen LogP contribution is 2.37. The topological polar surface area (TPSA) is 83.8 Å². The highest BCUT2D eigenvalue weighted by atomic mass is 35.5. The Kier molecular flexibility index (Phi) is 6.26. The molecule has 0 aliphatic carbocycles. The minimum absolute atomic E-state index is 0.0816. The molecule has 0 fully saturated rings. The first kappa shape index (κ1) is 18.3. The van der Waals surface area contributed by atoms with Crippen LogP contribution in [0.3, 0.4) is 0 Å². The van der Waals surface area contributed by atoms with Gasteiger partial charge in [-0.3, -0.25) is 4.79 Å². The number of carbonyl (C=O) groups excluding carboxylic acids is 2. The number of benzene rings is 1. The van der Waals surface area contributed by atoms with Gasteiger partial charge < -0.3 is 14.9 Å². The number of esters is 1. The number of ether oxygens (including phenoxy) is 1. The molecule has 0 radical (unpaired) electrons. The molecule has 0 amide bonds. The van der Waals surface area contributed by atoms with Crippen LogP contribution in [0.4, 0.5) is 0 Å². The number of phenolic OH excluding ortho intramolecular Hbond substituents is 2. The third-order valence-electron chi connectivity index (χ3n) is 3.97. The number of phenols is 2. The Balaban J connectivity index is 2.45. The molecular weight excluding hydrogens is 332 g/mol. The van der Waals surface area contributed by atoms with Gasteiger partial charge >= 0.3 is 5.97 Å². The fraction of sp³-hybridized carbons (Fsp3) is 0.444. The van der Waals surface area contributed by atoms with Crippen molar-refractivity contribution in [3.63, 3.8) is 0 Å². The van der Waals surface area contributed by atoms with E-state index in [1.165, 1.54) is 6.08 Å². The van der Waals surface area contributed by atoms with Gasteiger partial charge in [0.25, 0.3) is 0 Å². The highest BCUT2D eigenvalue weighted by molar-refractivity contribution is 6.33. The Morgan fingerprint density at radius 2 is 1.92 bits per heavy atom. The number of halogens is 1. The first-order chi connectivity index (χ1) is 11.4. The summed E-state index contributed by atoms with van der Waals surface area (Å²) in [5.41, 5.74) is -0.0819. The van der Waals surface area contributed by atoms with Gasteiger partial charge in [-0.15, -0.1) is 0 Å². The molecule has 1 aliphatic heterocycles. The lowest BCUT2D eigenvalue weighted by Crippen LogP contribution is -2.18. The van der Waals surface area contributed by atoms with Gasteiger partial charge in [-0.25, -0.2) is 4.79 Å². The number of cyclic esters (lactones) is 1. The molecule has 5 nitrogen and oxygen atoms in total. The lowest BCUT2D eigenvalue weighted by atomic mass is 9.99. The summed E-state index contributed by atoms with van der Waals surface area (Å²) in [4.78, 5) is 24.5. The van der Waals surface area contributed by atoms with Crippen molar-refractivity contribution in [1.29, 1.82) is 0 Å². The summed E-state index contributed by atoms with van der Waals surface area (Å²) >= 11 is 6.06. The molecular formula is C18H21ClO5. The van der Waals surface area contributed by atoms with Gasteiger partial charge in [0, 0.05) is 18.1 Å². The predicted octanol–water partition coefficient (Wildman–Crippen LogP) is 3.93. The molecule has 1 aliphatic rings. The highest BCUT2D eigenvalue weighted by Gasteiger charge is 2.25. The van der Waals surface area contributed by atoms with E-state index < -0.39 is 11.7 Å². The van der Waals surface area contributed by atoms with Crippen molar-refractivity contribution in [3.05, 3.63) is 34.4 Å². The lowest BCUT2D eigenvalue weighted by Gasteiger charge is -2.17. The molecule has 6 heteroatoms. The van der Waals surface area contributed by atoms with Crippen molar-refractivity contribution in [1.82, 2.24) is 0 Å². The number of rotatable bonds is 0. The molecule has 0 unspecified atom stereocenters. The maximum Gasteiger partial charge on any atom is 0.342 e. The fourth-order valence-corrected chi connectivity index (χ4v) is 2.91. The van der Waals surface area contributed by atoms with Crippen LogP contribution in [0.2, 0.25) is 5.02 Å². The summed E-state index contributed by atoms with van der Waals surface area (Å²) in [5.74, 6) is -1.84. The van der Waals surface area contributed by atoms with Crippen molar-refractivity contribution in [2.24, 2.45) is 0 Å². The van der Waals surface area contributed by atoms with Gasteiger partial charge in [0.1, 0.15) is 17.1 Å². The molecule has 0 saturated heterocycles. The van der Waals surface area contributed by atoms with E-state index in [1.807, 2.05) is 0 Å². The Morgan fingerprint density at radius 1 is 1.17 bits per heavy atom. The van der Waals surface area contributed by atoms with Crippen LogP contribution in [-0.4, -0.2) is 28.1 Å². The van der Waals surface area contributed by atoms with E-state index >= 15 is 0 Å². The smallest absolute Gasteiger partial charge is 0.342 e. The van der Waals surface area contributed by atoms with Crippen LogP contribution in [0, 0.1) is 0 Å². The quantitative estimate of drug-likeness (QED) is 0.691. The van der Waals surface area contributed by atoms with Crippen LogP contribution < -0.4 is 0 Å². The SMILES string of the molecule is C[C@@H]1CCCCC/C=C/C(=O)Cc2c(Cl)c(O)cc(O)c2C(=O)O1. The molecule has 0 saturated carbocycles. The average molecular weight is 353 g/mol. The van der Waals surface area contributed by atoms with Crippen LogP contribution in [-0.2, 0) is 16.0 Å². The van der Waals surface area contributed by atoms with E-state index in [0.29, 0.717) is 0 Å². The Morgan fingerprint density at radius 3 is 2.67 bits per heavy atom. The molecule has 1 aromatic carbocycles. The molecule has 0 aromatic heterocycles. The second-order valence-corrected chi connectivity index (χ2v) is 6.36. The maximum absolute atomic E-state index is 12.4. The summed E-state index contributed by atoms with van der Waals surface area (Å²) in [6, 6.07) is 0.983. The van der Waals surface area contributed by atoms with Gasteiger partial charge in [-0.2, -0.15) is 0 Å². The van der Waals surface area contributed by atoms with Crippen LogP contribution in [0.25, 0.3) is 0 Å². The van der Waals surface area contributed by atoms with Crippen LogP contribution in [0.5, 0.6) is 11.5 Å². The first-order valence-corrected chi connectivity index (χ1v) is 8.41. The van der Waals surface area contributed by atoms with Crippen molar-refractivity contribution < 1.29 is 24.5 Å². The van der Waals surface area contributed by atoms with E-state index in [-0.39, 0.29) is 40.2 Å². The number of fused-ring (bicyclic) bond motifs is 1. The Bertz CT molecular complexity index is 666. The molecule has 1 heterocycles. The minimum Gasteiger partial charge on any atom is -0.507 e. The van der Waals surface area contributed by atoms with Crippen molar-refractivity contribution in [3.8, 4) is 11.5 Å². The van der Waals surface area contributed by atoms with Crippen LogP contribution in [0.1, 0.15) is 54.9 Å². The van der Waals surface area contributed by atoms with Crippen molar-refractivity contribution in [2.75, 3.05) is 0 Å². The molecule has 2 N–H and O–H groups in total. The van der Waals surface area contributed by atoms with E-state index in [2.05, 4.69) is 0 Å². The standard InChI is InChI=1S/C18H21ClO5/c1-11-7-5-3-2-4-6-8-12(20)9-13-16(18(23)24-11)14(21)10-15(22)17(13)19/h6,8,10-11,21-22H,2-5,7,9H2,1H3/b8-6+/t11-/m1/s1. The zero-order valence-electron chi connectivity index (χ0n) is 13.5. The third kappa shape index (κ3) is 4.51. The maximum atomic E-state index is 12.4. The normalized spacial score (nSPS) is 21.5. The minimum atomic E-state index is -0.745. The number of hydrogen-bond acceptors (Lipinski definition) is 5. The number of aromatic hydroxyl groups is 2. The second kappa shape index (κ2) is 8.20. The Hall–Kier alpha value is -2.01. The number of allylic oxidation sites excluding steroid dienone is 2. The molecule has 1 atom stereocenters. The zero-order chi connectivity index (χ0) is 17.7. The van der Waals surface area contributed by atoms with Crippen molar-refractivity contribution in [2.45, 2.75) is 51.6 Å². The largest absolute Gasteiger partial charge is 0.507 e. The zero-order valence-corrected chi connectivity index (χ0v) is 14.3. The van der Waals surface area contributed by atoms with E-state index in [0.717, 1.165) is 38.2 Å². The number of hydrogen-bond donors (Lipinski definition) is 2. The molecule has 24 heavy (non-hydrogen) atoms. The summed E-state index contributed by atoms with van der Waals surface area (Å²) < 4.78 is 5.36. The summed E-state index contributed by atoms with van der Waals surface area (Å²) in [7, 11) is 0. The van der Waals surface area contributed by atoms with Gasteiger partial charge in [0.05, 0.1) is 11.1 Å². The van der Waals surface area contributed by atoms with Crippen molar-refractivity contribution >= 4 is 23.4 Å². The lowest BCUT2D eigenvalue weighted by molar-refractivity contribution is -0.114. The Labute approximate surface area is 145 Å². The van der Waals surface area contributed by atoms with E-state index in [4.69, 9.17) is 16.3 Å². The fourth-order valence-electron chi connectivity index (χ4n) is 2.70. The molecule has 2 rings (SSSR count).